The molecule has 2 N–H and O–H groups in total. The van der Waals surface area contributed by atoms with E-state index in [1.165, 1.54) is 31.7 Å². The van der Waals surface area contributed by atoms with Crippen LogP contribution in [0.5, 0.6) is 5.75 Å². The largest absolute Gasteiger partial charge is 0.490 e. The van der Waals surface area contributed by atoms with Gasteiger partial charge in [-0.1, -0.05) is 26.7 Å². The molecule has 2 atom stereocenters. The van der Waals surface area contributed by atoms with E-state index in [9.17, 15) is 4.39 Å². The third-order valence-corrected chi connectivity index (χ3v) is 4.38. The number of halogens is 1. The average Bonchev–Trinajstić information content (AvgIpc) is 2.46. The molecule has 118 valence electrons. The Morgan fingerprint density at radius 3 is 2.81 bits per heavy atom. The van der Waals surface area contributed by atoms with Crippen molar-refractivity contribution in [3.05, 3.63) is 17.9 Å². The first-order valence-electron chi connectivity index (χ1n) is 7.97. The topological polar surface area (TPSA) is 38.5 Å². The Kier molecular flexibility index (Phi) is 5.32. The van der Waals surface area contributed by atoms with E-state index in [0.29, 0.717) is 24.1 Å². The average molecular weight is 294 g/mol. The van der Waals surface area contributed by atoms with Crippen molar-refractivity contribution in [2.24, 2.45) is 5.92 Å². The summed E-state index contributed by atoms with van der Waals surface area (Å²) in [5.74, 6) is 0.663. The molecule has 1 aliphatic rings. The van der Waals surface area contributed by atoms with Gasteiger partial charge in [-0.2, -0.15) is 0 Å². The highest BCUT2D eigenvalue weighted by Crippen LogP contribution is 2.35. The predicted octanol–water partition coefficient (Wildman–Crippen LogP) is 4.21. The fraction of sp³-hybridized carbons (Fsp3) is 0.647. The van der Waals surface area contributed by atoms with Crippen molar-refractivity contribution in [3.63, 3.8) is 0 Å². The maximum Gasteiger partial charge on any atom is 0.167 e. The summed E-state index contributed by atoms with van der Waals surface area (Å²) in [5, 5.41) is 0. The van der Waals surface area contributed by atoms with Gasteiger partial charge in [0.05, 0.1) is 18.0 Å². The monoisotopic (exact) mass is 294 g/mol. The molecule has 4 heteroatoms. The van der Waals surface area contributed by atoms with Crippen LogP contribution >= 0.6 is 0 Å². The minimum atomic E-state index is -0.380. The Bertz CT molecular complexity index is 478. The first-order chi connectivity index (χ1) is 10.0. The Morgan fingerprint density at radius 2 is 2.14 bits per heavy atom. The maximum atomic E-state index is 13.9. The lowest BCUT2D eigenvalue weighted by atomic mass is 9.86. The molecule has 0 radical (unpaired) electrons. The molecule has 0 amide bonds. The second-order valence-corrected chi connectivity index (χ2v) is 6.23. The zero-order valence-electron chi connectivity index (χ0n) is 13.4. The molecule has 1 saturated carbocycles. The lowest BCUT2D eigenvalue weighted by molar-refractivity contribution is 0.301. The predicted molar refractivity (Wildman–Crippen MR) is 86.4 cm³/mol. The zero-order valence-corrected chi connectivity index (χ0v) is 13.4. The molecule has 0 saturated heterocycles. The van der Waals surface area contributed by atoms with Crippen molar-refractivity contribution < 1.29 is 9.13 Å². The number of hydrogen-bond acceptors (Lipinski definition) is 3. The van der Waals surface area contributed by atoms with Gasteiger partial charge in [0.25, 0.3) is 0 Å². The lowest BCUT2D eigenvalue weighted by Crippen LogP contribution is -2.36. The van der Waals surface area contributed by atoms with E-state index in [2.05, 4.69) is 18.9 Å². The quantitative estimate of drug-likeness (QED) is 0.827. The molecule has 0 aliphatic heterocycles. The van der Waals surface area contributed by atoms with Crippen LogP contribution in [0.1, 0.15) is 46.0 Å². The van der Waals surface area contributed by atoms with Gasteiger partial charge in [0.1, 0.15) is 0 Å². The van der Waals surface area contributed by atoms with Gasteiger partial charge >= 0.3 is 0 Å². The van der Waals surface area contributed by atoms with Crippen LogP contribution < -0.4 is 15.4 Å². The molecule has 2 unspecified atom stereocenters. The SMILES string of the molecule is CCCOc1cc(N(C)C2CCCC(C)C2)c(N)cc1F. The zero-order chi connectivity index (χ0) is 15.4. The van der Waals surface area contributed by atoms with Gasteiger partial charge in [0, 0.05) is 25.2 Å². The Labute approximate surface area is 127 Å². The Hall–Kier alpha value is -1.45. The standard InChI is InChI=1S/C17H27FN2O/c1-4-8-21-17-11-16(15(19)10-14(17)18)20(3)13-7-5-6-12(2)9-13/h10-13H,4-9,19H2,1-3H3. The van der Waals surface area contributed by atoms with Crippen molar-refractivity contribution in [2.45, 2.75) is 52.0 Å². The summed E-state index contributed by atoms with van der Waals surface area (Å²) in [6.45, 7) is 4.82. The van der Waals surface area contributed by atoms with Crippen LogP contribution in [-0.4, -0.2) is 19.7 Å². The van der Waals surface area contributed by atoms with Gasteiger partial charge in [-0.15, -0.1) is 0 Å². The number of ether oxygens (including phenoxy) is 1. The van der Waals surface area contributed by atoms with E-state index in [-0.39, 0.29) is 5.82 Å². The summed E-state index contributed by atoms with van der Waals surface area (Å²) < 4.78 is 19.4. The molecule has 1 aliphatic carbocycles. The van der Waals surface area contributed by atoms with Crippen molar-refractivity contribution in [3.8, 4) is 5.75 Å². The van der Waals surface area contributed by atoms with Crippen LogP contribution in [0.15, 0.2) is 12.1 Å². The third kappa shape index (κ3) is 3.80. The van der Waals surface area contributed by atoms with Gasteiger partial charge < -0.3 is 15.4 Å². The fourth-order valence-corrected chi connectivity index (χ4v) is 3.14. The van der Waals surface area contributed by atoms with Crippen LogP contribution in [0.4, 0.5) is 15.8 Å². The van der Waals surface area contributed by atoms with Crippen molar-refractivity contribution in [1.82, 2.24) is 0 Å². The van der Waals surface area contributed by atoms with E-state index >= 15 is 0 Å². The van der Waals surface area contributed by atoms with Gasteiger partial charge in [-0.05, 0) is 25.2 Å². The molecular weight excluding hydrogens is 267 g/mol. The Balaban J connectivity index is 2.20. The molecule has 0 aromatic heterocycles. The van der Waals surface area contributed by atoms with Crippen LogP contribution in [0.25, 0.3) is 0 Å². The van der Waals surface area contributed by atoms with E-state index < -0.39 is 0 Å². The van der Waals surface area contributed by atoms with E-state index in [1.54, 1.807) is 6.07 Å². The smallest absolute Gasteiger partial charge is 0.167 e. The molecular formula is C17H27FN2O. The Morgan fingerprint density at radius 1 is 1.38 bits per heavy atom. The molecule has 1 aromatic carbocycles. The number of nitrogens with two attached hydrogens (primary N) is 1. The first-order valence-corrected chi connectivity index (χ1v) is 7.97. The molecule has 1 aromatic rings. The molecule has 2 rings (SSSR count). The minimum absolute atomic E-state index is 0.303. The second kappa shape index (κ2) is 7.01. The van der Waals surface area contributed by atoms with Gasteiger partial charge in [-0.3, -0.25) is 0 Å². The van der Waals surface area contributed by atoms with Crippen LogP contribution in [0.3, 0.4) is 0 Å². The summed E-state index contributed by atoms with van der Waals surface area (Å²) in [7, 11) is 2.05. The molecule has 0 bridgehead atoms. The van der Waals surface area contributed by atoms with Crippen LogP contribution in [-0.2, 0) is 0 Å². The van der Waals surface area contributed by atoms with Crippen molar-refractivity contribution in [2.75, 3.05) is 24.3 Å². The molecule has 3 nitrogen and oxygen atoms in total. The molecule has 0 heterocycles. The summed E-state index contributed by atoms with van der Waals surface area (Å²) >= 11 is 0. The molecule has 0 spiro atoms. The van der Waals surface area contributed by atoms with Crippen LogP contribution in [0, 0.1) is 11.7 Å². The highest BCUT2D eigenvalue weighted by atomic mass is 19.1. The van der Waals surface area contributed by atoms with E-state index in [1.807, 2.05) is 6.92 Å². The van der Waals surface area contributed by atoms with E-state index in [0.717, 1.165) is 18.0 Å². The summed E-state index contributed by atoms with van der Waals surface area (Å²) in [4.78, 5) is 2.20. The maximum absolute atomic E-state index is 13.9. The minimum Gasteiger partial charge on any atom is -0.490 e. The number of hydrogen-bond donors (Lipinski definition) is 1. The summed E-state index contributed by atoms with van der Waals surface area (Å²) in [6, 6.07) is 3.60. The highest BCUT2D eigenvalue weighted by molar-refractivity contribution is 5.70. The highest BCUT2D eigenvalue weighted by Gasteiger charge is 2.24. The number of nitrogen functional groups attached to an aromatic ring is 1. The van der Waals surface area contributed by atoms with E-state index in [4.69, 9.17) is 10.5 Å². The second-order valence-electron chi connectivity index (χ2n) is 6.23. The number of benzene rings is 1. The van der Waals surface area contributed by atoms with Gasteiger partial charge in [0.2, 0.25) is 0 Å². The normalized spacial score (nSPS) is 22.1. The molecule has 1 fully saturated rings. The number of nitrogens with zero attached hydrogens (tertiary/aromatic N) is 1. The fourth-order valence-electron chi connectivity index (χ4n) is 3.14. The van der Waals surface area contributed by atoms with Gasteiger partial charge in [0.15, 0.2) is 11.6 Å². The third-order valence-electron chi connectivity index (χ3n) is 4.38. The number of anilines is 2. The number of rotatable bonds is 5. The van der Waals surface area contributed by atoms with Gasteiger partial charge in [-0.25, -0.2) is 4.39 Å². The lowest BCUT2D eigenvalue weighted by Gasteiger charge is -2.36. The first kappa shape index (κ1) is 15.9. The summed E-state index contributed by atoms with van der Waals surface area (Å²) in [5.41, 5.74) is 7.38. The van der Waals surface area contributed by atoms with Crippen LogP contribution in [0.2, 0.25) is 0 Å². The molecule has 21 heavy (non-hydrogen) atoms. The summed E-state index contributed by atoms with van der Waals surface area (Å²) in [6.07, 6.45) is 5.74. The van der Waals surface area contributed by atoms with Crippen molar-refractivity contribution in [1.29, 1.82) is 0 Å². The van der Waals surface area contributed by atoms with Crippen molar-refractivity contribution >= 4 is 11.4 Å².